The van der Waals surface area contributed by atoms with Gasteiger partial charge in [0.15, 0.2) is 0 Å². The quantitative estimate of drug-likeness (QED) is 0.603. The summed E-state index contributed by atoms with van der Waals surface area (Å²) in [5, 5.41) is 10.1. The van der Waals surface area contributed by atoms with E-state index >= 15 is 0 Å². The Morgan fingerprint density at radius 1 is 0.966 bits per heavy atom. The van der Waals surface area contributed by atoms with Crippen LogP contribution in [0.1, 0.15) is 12.8 Å². The van der Waals surface area contributed by atoms with Crippen LogP contribution >= 0.6 is 11.6 Å². The Balaban J connectivity index is 1.34. The molecule has 2 heterocycles. The lowest BCUT2D eigenvalue weighted by molar-refractivity contribution is 0.139. The van der Waals surface area contributed by atoms with Crippen LogP contribution in [0.5, 0.6) is 5.75 Å². The van der Waals surface area contributed by atoms with Gasteiger partial charge in [-0.05, 0) is 67.4 Å². The van der Waals surface area contributed by atoms with Gasteiger partial charge in [-0.1, -0.05) is 29.8 Å². The fraction of sp³-hybridized carbons (Fsp3) is 0.292. The number of likely N-dealkylation sites (tertiary alicyclic amines) is 1. The summed E-state index contributed by atoms with van der Waals surface area (Å²) in [4.78, 5) is 6.91. The predicted molar refractivity (Wildman–Crippen MR) is 117 cm³/mol. The largest absolute Gasteiger partial charge is 0.492 e. The second kappa shape index (κ2) is 9.40. The second-order valence-corrected chi connectivity index (χ2v) is 7.76. The molecule has 3 aromatic rings. The molecular formula is C24H25ClN2O2. The number of pyridine rings is 1. The first-order valence-electron chi connectivity index (χ1n) is 10.0. The summed E-state index contributed by atoms with van der Waals surface area (Å²) in [5.41, 5.74) is 4.14. The fourth-order valence-electron chi connectivity index (χ4n) is 3.78. The number of benzene rings is 2. The van der Waals surface area contributed by atoms with Gasteiger partial charge < -0.3 is 9.84 Å². The molecule has 0 amide bonds. The number of rotatable bonds is 7. The summed E-state index contributed by atoms with van der Waals surface area (Å²) in [5.74, 6) is 0.853. The number of ether oxygens (including phenoxy) is 1. The minimum atomic E-state index is 0.235. The monoisotopic (exact) mass is 408 g/mol. The van der Waals surface area contributed by atoms with Gasteiger partial charge in [-0.15, -0.1) is 0 Å². The molecule has 0 saturated carbocycles. The van der Waals surface area contributed by atoms with Crippen LogP contribution in [0.15, 0.2) is 66.9 Å². The smallest absolute Gasteiger partial charge is 0.119 e. The SMILES string of the molecule is OC[C@H]1CCCN1CCOc1ccc(-c2ccc(-c3ccc(Cl)cc3)cn2)cc1. The van der Waals surface area contributed by atoms with E-state index in [0.29, 0.717) is 12.6 Å². The van der Waals surface area contributed by atoms with Gasteiger partial charge in [-0.3, -0.25) is 9.88 Å². The van der Waals surface area contributed by atoms with Crippen LogP contribution in [0.4, 0.5) is 0 Å². The summed E-state index contributed by atoms with van der Waals surface area (Å²) < 4.78 is 5.88. The van der Waals surface area contributed by atoms with E-state index in [4.69, 9.17) is 16.3 Å². The number of halogens is 1. The van der Waals surface area contributed by atoms with Crippen molar-refractivity contribution in [2.75, 3.05) is 26.3 Å². The second-order valence-electron chi connectivity index (χ2n) is 7.33. The van der Waals surface area contributed by atoms with E-state index in [9.17, 15) is 5.11 Å². The van der Waals surface area contributed by atoms with Crippen LogP contribution in [0, 0.1) is 0 Å². The van der Waals surface area contributed by atoms with E-state index < -0.39 is 0 Å². The van der Waals surface area contributed by atoms with Crippen LogP contribution in [0.2, 0.25) is 5.02 Å². The van der Waals surface area contributed by atoms with Gasteiger partial charge in [0, 0.05) is 34.9 Å². The van der Waals surface area contributed by atoms with Crippen molar-refractivity contribution >= 4 is 11.6 Å². The maximum atomic E-state index is 9.39. The van der Waals surface area contributed by atoms with Crippen LogP contribution < -0.4 is 4.74 Å². The highest BCUT2D eigenvalue weighted by Crippen LogP contribution is 2.25. The summed E-state index contributed by atoms with van der Waals surface area (Å²) in [6, 6.07) is 20.2. The number of hydrogen-bond acceptors (Lipinski definition) is 4. The van der Waals surface area contributed by atoms with Crippen molar-refractivity contribution in [2.45, 2.75) is 18.9 Å². The number of aliphatic hydroxyl groups is 1. The highest BCUT2D eigenvalue weighted by molar-refractivity contribution is 6.30. The molecule has 4 nitrogen and oxygen atoms in total. The maximum absolute atomic E-state index is 9.39. The van der Waals surface area contributed by atoms with Gasteiger partial charge in [0.1, 0.15) is 12.4 Å². The van der Waals surface area contributed by atoms with Crippen molar-refractivity contribution in [3.05, 3.63) is 71.9 Å². The summed E-state index contributed by atoms with van der Waals surface area (Å²) in [7, 11) is 0. The normalized spacial score (nSPS) is 16.8. The van der Waals surface area contributed by atoms with Crippen LogP contribution in [-0.2, 0) is 0 Å². The Morgan fingerprint density at radius 2 is 1.69 bits per heavy atom. The molecule has 0 radical (unpaired) electrons. The lowest BCUT2D eigenvalue weighted by atomic mass is 10.1. The third-order valence-corrected chi connectivity index (χ3v) is 5.70. The van der Waals surface area contributed by atoms with Crippen molar-refractivity contribution in [2.24, 2.45) is 0 Å². The zero-order valence-electron chi connectivity index (χ0n) is 16.3. The third-order valence-electron chi connectivity index (χ3n) is 5.45. The molecule has 0 unspecified atom stereocenters. The van der Waals surface area contributed by atoms with Gasteiger partial charge in [-0.25, -0.2) is 0 Å². The van der Waals surface area contributed by atoms with Gasteiger partial charge in [-0.2, -0.15) is 0 Å². The number of hydrogen-bond donors (Lipinski definition) is 1. The molecule has 1 saturated heterocycles. The standard InChI is InChI=1S/C24H25ClN2O2/c25-21-8-3-18(4-9-21)20-7-12-24(26-16-20)19-5-10-23(11-6-19)29-15-14-27-13-1-2-22(27)17-28/h3-12,16,22,28H,1-2,13-15,17H2/t22-/m1/s1. The summed E-state index contributed by atoms with van der Waals surface area (Å²) >= 11 is 5.96. The zero-order chi connectivity index (χ0) is 20.1. The highest BCUT2D eigenvalue weighted by Gasteiger charge is 2.23. The first kappa shape index (κ1) is 19.9. The molecule has 29 heavy (non-hydrogen) atoms. The lowest BCUT2D eigenvalue weighted by Gasteiger charge is -2.22. The van der Waals surface area contributed by atoms with Crippen molar-refractivity contribution in [3.8, 4) is 28.1 Å². The third kappa shape index (κ3) is 4.96. The molecule has 5 heteroatoms. The van der Waals surface area contributed by atoms with Gasteiger partial charge in [0.2, 0.25) is 0 Å². The van der Waals surface area contributed by atoms with E-state index in [1.807, 2.05) is 60.8 Å². The Bertz CT molecular complexity index is 911. The van der Waals surface area contributed by atoms with Crippen LogP contribution in [0.25, 0.3) is 22.4 Å². The van der Waals surface area contributed by atoms with Crippen molar-refractivity contribution in [1.82, 2.24) is 9.88 Å². The van der Waals surface area contributed by atoms with E-state index in [-0.39, 0.29) is 6.61 Å². The molecule has 0 bridgehead atoms. The Labute approximate surface area is 176 Å². The predicted octanol–water partition coefficient (Wildman–Crippen LogP) is 4.90. The van der Waals surface area contributed by atoms with E-state index in [1.165, 1.54) is 0 Å². The Hall–Kier alpha value is -2.40. The number of aromatic nitrogens is 1. The summed E-state index contributed by atoms with van der Waals surface area (Å²) in [6.45, 7) is 2.76. The van der Waals surface area contributed by atoms with E-state index in [0.717, 1.165) is 59.1 Å². The summed E-state index contributed by atoms with van der Waals surface area (Å²) in [6.07, 6.45) is 4.12. The molecule has 1 N–H and O–H groups in total. The average molecular weight is 409 g/mol. The van der Waals surface area contributed by atoms with Crippen molar-refractivity contribution in [3.63, 3.8) is 0 Å². The van der Waals surface area contributed by atoms with Gasteiger partial charge in [0.25, 0.3) is 0 Å². The molecule has 1 aliphatic heterocycles. The fourth-order valence-corrected chi connectivity index (χ4v) is 3.90. The highest BCUT2D eigenvalue weighted by atomic mass is 35.5. The number of aliphatic hydroxyl groups excluding tert-OH is 1. The van der Waals surface area contributed by atoms with Crippen LogP contribution in [0.3, 0.4) is 0 Å². The molecule has 150 valence electrons. The molecule has 2 aromatic carbocycles. The minimum absolute atomic E-state index is 0.235. The van der Waals surface area contributed by atoms with E-state index in [2.05, 4.69) is 16.0 Å². The van der Waals surface area contributed by atoms with E-state index in [1.54, 1.807) is 0 Å². The zero-order valence-corrected chi connectivity index (χ0v) is 17.1. The molecule has 1 aliphatic rings. The maximum Gasteiger partial charge on any atom is 0.119 e. The Kier molecular flexibility index (Phi) is 6.45. The molecule has 1 atom stereocenters. The molecule has 1 aromatic heterocycles. The molecule has 0 aliphatic carbocycles. The average Bonchev–Trinajstić information content (AvgIpc) is 3.22. The molecule has 0 spiro atoms. The van der Waals surface area contributed by atoms with Crippen LogP contribution in [-0.4, -0.2) is 47.3 Å². The topological polar surface area (TPSA) is 45.6 Å². The van der Waals surface area contributed by atoms with Crippen molar-refractivity contribution in [1.29, 1.82) is 0 Å². The molecular weight excluding hydrogens is 384 g/mol. The van der Waals surface area contributed by atoms with Gasteiger partial charge in [0.05, 0.1) is 12.3 Å². The lowest BCUT2D eigenvalue weighted by Crippen LogP contribution is -2.35. The number of nitrogens with zero attached hydrogens (tertiary/aromatic N) is 2. The molecule has 1 fully saturated rings. The minimum Gasteiger partial charge on any atom is -0.492 e. The molecule has 4 rings (SSSR count). The van der Waals surface area contributed by atoms with Gasteiger partial charge >= 0.3 is 0 Å². The Morgan fingerprint density at radius 3 is 2.38 bits per heavy atom. The first-order chi connectivity index (χ1) is 14.2. The first-order valence-corrected chi connectivity index (χ1v) is 10.4. The van der Waals surface area contributed by atoms with Crippen molar-refractivity contribution < 1.29 is 9.84 Å².